The Hall–Kier alpha value is -2.34. The van der Waals surface area contributed by atoms with E-state index in [4.69, 9.17) is 5.73 Å². The van der Waals surface area contributed by atoms with Crippen LogP contribution in [0.4, 0.5) is 18.9 Å². The summed E-state index contributed by atoms with van der Waals surface area (Å²) in [6, 6.07) is 11.6. The summed E-state index contributed by atoms with van der Waals surface area (Å²) < 4.78 is 41.0. The third-order valence-corrected chi connectivity index (χ3v) is 4.47. The van der Waals surface area contributed by atoms with Gasteiger partial charge in [-0.3, -0.25) is 4.79 Å². The molecule has 25 heavy (non-hydrogen) atoms. The second-order valence-corrected chi connectivity index (χ2v) is 6.31. The van der Waals surface area contributed by atoms with Gasteiger partial charge in [-0.05, 0) is 35.6 Å². The van der Waals surface area contributed by atoms with Gasteiger partial charge < -0.3 is 10.6 Å². The molecule has 0 radical (unpaired) electrons. The van der Waals surface area contributed by atoms with Crippen molar-refractivity contribution in [3.63, 3.8) is 0 Å². The minimum absolute atomic E-state index is 0.0874. The van der Waals surface area contributed by atoms with Gasteiger partial charge in [-0.2, -0.15) is 13.2 Å². The van der Waals surface area contributed by atoms with Crippen molar-refractivity contribution >= 4 is 11.6 Å². The first kappa shape index (κ1) is 17.5. The van der Waals surface area contributed by atoms with E-state index in [1.54, 1.807) is 6.07 Å². The highest BCUT2D eigenvalue weighted by molar-refractivity contribution is 5.94. The highest BCUT2D eigenvalue weighted by Crippen LogP contribution is 2.44. The number of alkyl halides is 3. The predicted molar refractivity (Wildman–Crippen MR) is 90.3 cm³/mol. The van der Waals surface area contributed by atoms with Crippen molar-refractivity contribution in [3.8, 4) is 0 Å². The van der Waals surface area contributed by atoms with Gasteiger partial charge in [-0.1, -0.05) is 36.4 Å². The number of fused-ring (bicyclic) bond motifs is 1. The molecule has 132 valence electrons. The molecule has 0 bridgehead atoms. The van der Waals surface area contributed by atoms with E-state index in [0.717, 1.165) is 11.6 Å². The van der Waals surface area contributed by atoms with Gasteiger partial charge in [0, 0.05) is 19.5 Å². The molecule has 0 aromatic heterocycles. The van der Waals surface area contributed by atoms with Gasteiger partial charge in [0.25, 0.3) is 0 Å². The highest BCUT2D eigenvalue weighted by atomic mass is 19.4. The highest BCUT2D eigenvalue weighted by Gasteiger charge is 2.39. The zero-order chi connectivity index (χ0) is 18.2. The molecule has 1 aliphatic rings. The van der Waals surface area contributed by atoms with Crippen molar-refractivity contribution < 1.29 is 18.0 Å². The Morgan fingerprint density at radius 3 is 2.48 bits per heavy atom. The lowest BCUT2D eigenvalue weighted by Gasteiger charge is -2.35. The molecule has 1 heterocycles. The van der Waals surface area contributed by atoms with Crippen LogP contribution in [0, 0.1) is 0 Å². The summed E-state index contributed by atoms with van der Waals surface area (Å²) in [5.41, 5.74) is 7.05. The SMILES string of the molecule is CC(=O)N1CC[C@@H](N)c2cc(Cc3ccccc3)cc(C(F)(F)F)c21. The average Bonchev–Trinajstić information content (AvgIpc) is 2.55. The number of hydrogen-bond acceptors (Lipinski definition) is 2. The molecule has 3 nitrogen and oxygen atoms in total. The number of anilines is 1. The first-order valence-corrected chi connectivity index (χ1v) is 8.09. The number of carbonyl (C=O) groups is 1. The van der Waals surface area contributed by atoms with E-state index in [2.05, 4.69) is 0 Å². The molecule has 3 rings (SSSR count). The van der Waals surface area contributed by atoms with Gasteiger partial charge in [0.2, 0.25) is 5.91 Å². The fourth-order valence-corrected chi connectivity index (χ4v) is 3.30. The maximum atomic E-state index is 13.7. The fourth-order valence-electron chi connectivity index (χ4n) is 3.30. The number of carbonyl (C=O) groups excluding carboxylic acids is 1. The van der Waals surface area contributed by atoms with Crippen LogP contribution in [0.5, 0.6) is 0 Å². The van der Waals surface area contributed by atoms with Gasteiger partial charge >= 0.3 is 6.18 Å². The van der Waals surface area contributed by atoms with E-state index in [1.807, 2.05) is 30.3 Å². The first-order chi connectivity index (χ1) is 11.8. The number of hydrogen-bond donors (Lipinski definition) is 1. The van der Waals surface area contributed by atoms with Crippen molar-refractivity contribution in [2.45, 2.75) is 32.0 Å². The van der Waals surface area contributed by atoms with Crippen molar-refractivity contribution in [2.24, 2.45) is 5.73 Å². The molecule has 2 aromatic rings. The number of halogens is 3. The lowest BCUT2D eigenvalue weighted by molar-refractivity contribution is -0.137. The van der Waals surface area contributed by atoms with E-state index < -0.39 is 23.7 Å². The van der Waals surface area contributed by atoms with E-state index >= 15 is 0 Å². The topological polar surface area (TPSA) is 46.3 Å². The summed E-state index contributed by atoms with van der Waals surface area (Å²) in [5, 5.41) is 0. The molecule has 0 fully saturated rings. The normalized spacial score (nSPS) is 17.3. The van der Waals surface area contributed by atoms with Crippen LogP contribution in [0.1, 0.15) is 41.6 Å². The van der Waals surface area contributed by atoms with E-state index in [0.29, 0.717) is 24.0 Å². The molecule has 0 spiro atoms. The molecule has 2 aromatic carbocycles. The zero-order valence-corrected chi connectivity index (χ0v) is 13.8. The molecule has 0 unspecified atom stereocenters. The zero-order valence-electron chi connectivity index (χ0n) is 13.8. The number of benzene rings is 2. The summed E-state index contributed by atoms with van der Waals surface area (Å²) >= 11 is 0. The maximum Gasteiger partial charge on any atom is 0.418 e. The largest absolute Gasteiger partial charge is 0.418 e. The van der Waals surface area contributed by atoms with E-state index in [9.17, 15) is 18.0 Å². The quantitative estimate of drug-likeness (QED) is 0.890. The van der Waals surface area contributed by atoms with E-state index in [1.165, 1.54) is 11.8 Å². The van der Waals surface area contributed by atoms with Crippen LogP contribution in [0.15, 0.2) is 42.5 Å². The molecule has 0 saturated carbocycles. The van der Waals surface area contributed by atoms with Crippen LogP contribution in [0.2, 0.25) is 0 Å². The lowest BCUT2D eigenvalue weighted by atomic mass is 9.89. The molecule has 2 N–H and O–H groups in total. The van der Waals surface area contributed by atoms with Crippen molar-refractivity contribution in [3.05, 3.63) is 64.7 Å². The monoisotopic (exact) mass is 348 g/mol. The molecular weight excluding hydrogens is 329 g/mol. The van der Waals surface area contributed by atoms with Crippen LogP contribution in [-0.4, -0.2) is 12.5 Å². The Balaban J connectivity index is 2.15. The Bertz CT molecular complexity index is 787. The lowest BCUT2D eigenvalue weighted by Crippen LogP contribution is -2.38. The molecular formula is C19H19F3N2O. The summed E-state index contributed by atoms with van der Waals surface area (Å²) in [7, 11) is 0. The summed E-state index contributed by atoms with van der Waals surface area (Å²) in [4.78, 5) is 13.0. The van der Waals surface area contributed by atoms with Crippen molar-refractivity contribution in [1.29, 1.82) is 0 Å². The van der Waals surface area contributed by atoms with Gasteiger partial charge in [0.05, 0.1) is 11.3 Å². The number of rotatable bonds is 2. The maximum absolute atomic E-state index is 13.7. The van der Waals surface area contributed by atoms with Gasteiger partial charge in [0.1, 0.15) is 0 Å². The van der Waals surface area contributed by atoms with Crippen LogP contribution in [0.3, 0.4) is 0 Å². The van der Waals surface area contributed by atoms with E-state index in [-0.39, 0.29) is 12.2 Å². The molecule has 0 aliphatic carbocycles. The molecule has 1 aliphatic heterocycles. The molecule has 0 saturated heterocycles. The predicted octanol–water partition coefficient (Wildman–Crippen LogP) is 4.05. The van der Waals surface area contributed by atoms with Crippen LogP contribution in [0.25, 0.3) is 0 Å². The molecule has 6 heteroatoms. The van der Waals surface area contributed by atoms with Crippen LogP contribution < -0.4 is 10.6 Å². The Kier molecular flexibility index (Phi) is 4.56. The second kappa shape index (κ2) is 6.52. The van der Waals surface area contributed by atoms with Crippen molar-refractivity contribution in [2.75, 3.05) is 11.4 Å². The number of amides is 1. The first-order valence-electron chi connectivity index (χ1n) is 8.09. The van der Waals surface area contributed by atoms with Crippen LogP contribution in [-0.2, 0) is 17.4 Å². The van der Waals surface area contributed by atoms with Crippen molar-refractivity contribution in [1.82, 2.24) is 0 Å². The smallest absolute Gasteiger partial charge is 0.324 e. The van der Waals surface area contributed by atoms with Gasteiger partial charge in [-0.25, -0.2) is 0 Å². The third-order valence-electron chi connectivity index (χ3n) is 4.47. The summed E-state index contributed by atoms with van der Waals surface area (Å²) in [5.74, 6) is -0.408. The summed E-state index contributed by atoms with van der Waals surface area (Å²) in [6.07, 6.45) is -3.73. The minimum atomic E-state index is -4.55. The standard InChI is InChI=1S/C19H19F3N2O/c1-12(25)24-8-7-17(23)15-10-14(9-13-5-3-2-4-6-13)11-16(18(15)24)19(20,21)22/h2-6,10-11,17H,7-9,23H2,1H3/t17-/m1/s1. The Morgan fingerprint density at radius 2 is 1.88 bits per heavy atom. The Morgan fingerprint density at radius 1 is 1.20 bits per heavy atom. The number of nitrogens with two attached hydrogens (primary N) is 1. The van der Waals surface area contributed by atoms with Crippen LogP contribution >= 0.6 is 0 Å². The number of nitrogens with zero attached hydrogens (tertiary/aromatic N) is 1. The molecule has 1 amide bonds. The fraction of sp³-hybridized carbons (Fsp3) is 0.316. The van der Waals surface area contributed by atoms with Gasteiger partial charge in [-0.15, -0.1) is 0 Å². The minimum Gasteiger partial charge on any atom is -0.324 e. The summed E-state index contributed by atoms with van der Waals surface area (Å²) in [6.45, 7) is 1.48. The average molecular weight is 348 g/mol. The Labute approximate surface area is 144 Å². The molecule has 1 atom stereocenters. The third kappa shape index (κ3) is 3.54. The second-order valence-electron chi connectivity index (χ2n) is 6.31. The van der Waals surface area contributed by atoms with Gasteiger partial charge in [0.15, 0.2) is 0 Å².